The second kappa shape index (κ2) is 10.3. The van der Waals surface area contributed by atoms with Gasteiger partial charge in [0.1, 0.15) is 22.5 Å². The van der Waals surface area contributed by atoms with Gasteiger partial charge in [0.25, 0.3) is 0 Å². The molecule has 0 aliphatic heterocycles. The Morgan fingerprint density at radius 3 is 2.35 bits per heavy atom. The number of phenolic OH excluding ortho intramolecular Hbond substituents is 2. The van der Waals surface area contributed by atoms with Crippen LogP contribution in [-0.4, -0.2) is 35.6 Å². The van der Waals surface area contributed by atoms with Gasteiger partial charge in [-0.05, 0) is 42.7 Å². The highest BCUT2D eigenvalue weighted by Gasteiger charge is 2.26. The molecule has 0 spiro atoms. The average molecular weight is 462 g/mol. The summed E-state index contributed by atoms with van der Waals surface area (Å²) in [5.74, 6) is 0.369. The van der Waals surface area contributed by atoms with Gasteiger partial charge in [-0.2, -0.15) is 0 Å². The van der Waals surface area contributed by atoms with E-state index in [2.05, 4.69) is 0 Å². The van der Waals surface area contributed by atoms with E-state index in [1.807, 2.05) is 30.3 Å². The molecule has 7 heteroatoms. The summed E-state index contributed by atoms with van der Waals surface area (Å²) in [6.45, 7) is 0.0465. The van der Waals surface area contributed by atoms with E-state index in [4.69, 9.17) is 19.0 Å². The van der Waals surface area contributed by atoms with E-state index in [0.29, 0.717) is 36.1 Å². The topological polar surface area (TPSA) is 109 Å². The Morgan fingerprint density at radius 2 is 1.68 bits per heavy atom. The van der Waals surface area contributed by atoms with E-state index in [1.54, 1.807) is 12.1 Å². The Kier molecular flexibility index (Phi) is 7.04. The van der Waals surface area contributed by atoms with Crippen molar-refractivity contribution in [3.05, 3.63) is 82.0 Å². The van der Waals surface area contributed by atoms with Crippen LogP contribution in [0.15, 0.2) is 69.9 Å². The molecule has 0 saturated carbocycles. The number of rotatable bonds is 9. The molecule has 0 aliphatic carbocycles. The molecule has 7 nitrogen and oxygen atoms in total. The van der Waals surface area contributed by atoms with Crippen LogP contribution < -0.4 is 14.9 Å². The number of phenols is 2. The molecule has 0 atom stereocenters. The lowest BCUT2D eigenvalue weighted by Gasteiger charge is -2.18. The maximum Gasteiger partial charge on any atom is 0.204 e. The third-order valence-corrected chi connectivity index (χ3v) is 5.57. The highest BCUT2D eigenvalue weighted by molar-refractivity contribution is 5.93. The minimum absolute atomic E-state index is 0.0539. The van der Waals surface area contributed by atoms with Crippen LogP contribution in [0.25, 0.3) is 22.3 Å². The number of aliphatic hydroxyl groups excluding tert-OH is 1. The first-order chi connectivity index (χ1) is 16.5. The average Bonchev–Trinajstić information content (AvgIpc) is 2.84. The van der Waals surface area contributed by atoms with E-state index >= 15 is 0 Å². The Bertz CT molecular complexity index is 1330. The first kappa shape index (κ1) is 23.2. The fourth-order valence-electron chi connectivity index (χ4n) is 3.87. The summed E-state index contributed by atoms with van der Waals surface area (Å²) >= 11 is 0. The SMILES string of the molecule is COc1c(O)c(CCc2ccccc2)c2oc(-c3ccc(O)cc3)cc(=O)c2c1OCCCO. The Hall–Kier alpha value is -3.97. The van der Waals surface area contributed by atoms with Crippen LogP contribution in [-0.2, 0) is 12.8 Å². The molecule has 4 rings (SSSR count). The number of hydrogen-bond donors (Lipinski definition) is 3. The molecular formula is C27H26O7. The molecule has 34 heavy (non-hydrogen) atoms. The number of aromatic hydroxyl groups is 2. The number of benzene rings is 3. The molecule has 0 aliphatic rings. The molecule has 4 aromatic rings. The van der Waals surface area contributed by atoms with Gasteiger partial charge >= 0.3 is 0 Å². The second-order valence-electron chi connectivity index (χ2n) is 7.83. The van der Waals surface area contributed by atoms with Gasteiger partial charge in [-0.1, -0.05) is 30.3 Å². The molecule has 0 radical (unpaired) electrons. The second-order valence-corrected chi connectivity index (χ2v) is 7.83. The number of methoxy groups -OCH3 is 1. The van der Waals surface area contributed by atoms with Gasteiger partial charge in [-0.15, -0.1) is 0 Å². The van der Waals surface area contributed by atoms with Crippen molar-refractivity contribution >= 4 is 11.0 Å². The summed E-state index contributed by atoms with van der Waals surface area (Å²) in [7, 11) is 1.40. The van der Waals surface area contributed by atoms with Gasteiger partial charge in [-0.3, -0.25) is 4.79 Å². The zero-order valence-electron chi connectivity index (χ0n) is 18.8. The van der Waals surface area contributed by atoms with Crippen molar-refractivity contribution < 1.29 is 29.2 Å². The molecule has 0 saturated heterocycles. The summed E-state index contributed by atoms with van der Waals surface area (Å²) in [6, 6.07) is 17.4. The minimum Gasteiger partial charge on any atom is -0.508 e. The summed E-state index contributed by atoms with van der Waals surface area (Å²) in [5, 5.41) is 30.1. The van der Waals surface area contributed by atoms with Crippen LogP contribution in [0.3, 0.4) is 0 Å². The van der Waals surface area contributed by atoms with Crippen molar-refractivity contribution in [2.75, 3.05) is 20.3 Å². The van der Waals surface area contributed by atoms with Crippen molar-refractivity contribution in [2.45, 2.75) is 19.3 Å². The van der Waals surface area contributed by atoms with Gasteiger partial charge in [-0.25, -0.2) is 0 Å². The standard InChI is InChI=1S/C27H26O7/c1-32-27-24(31)20(13-8-17-6-3-2-4-7-17)25-23(26(27)33-15-5-14-28)21(30)16-22(34-25)18-9-11-19(29)12-10-18/h2-4,6-7,9-12,16,28-29,31H,5,8,13-15H2,1H3. The van der Waals surface area contributed by atoms with E-state index in [0.717, 1.165) is 5.56 Å². The van der Waals surface area contributed by atoms with Crippen molar-refractivity contribution in [3.63, 3.8) is 0 Å². The fraction of sp³-hybridized carbons (Fsp3) is 0.222. The monoisotopic (exact) mass is 462 g/mol. The maximum atomic E-state index is 13.3. The molecule has 1 heterocycles. The van der Waals surface area contributed by atoms with Gasteiger partial charge in [0.05, 0.1) is 13.7 Å². The Labute approximate surface area is 196 Å². The van der Waals surface area contributed by atoms with Crippen LogP contribution in [0.5, 0.6) is 23.0 Å². The molecular weight excluding hydrogens is 436 g/mol. The Balaban J connectivity index is 1.92. The van der Waals surface area contributed by atoms with Crippen molar-refractivity contribution in [2.24, 2.45) is 0 Å². The number of hydrogen-bond acceptors (Lipinski definition) is 7. The summed E-state index contributed by atoms with van der Waals surface area (Å²) in [5.41, 5.74) is 1.95. The molecule has 0 unspecified atom stereocenters. The van der Waals surface area contributed by atoms with E-state index in [9.17, 15) is 15.0 Å². The maximum absolute atomic E-state index is 13.3. The van der Waals surface area contributed by atoms with E-state index < -0.39 is 0 Å². The van der Waals surface area contributed by atoms with Crippen LogP contribution in [0, 0.1) is 0 Å². The zero-order valence-corrected chi connectivity index (χ0v) is 18.8. The summed E-state index contributed by atoms with van der Waals surface area (Å²) in [6.07, 6.45) is 1.34. The lowest BCUT2D eigenvalue weighted by atomic mass is 9.99. The summed E-state index contributed by atoms with van der Waals surface area (Å²) < 4.78 is 17.4. The van der Waals surface area contributed by atoms with E-state index in [1.165, 1.54) is 25.3 Å². The van der Waals surface area contributed by atoms with Gasteiger partial charge in [0.15, 0.2) is 16.9 Å². The van der Waals surface area contributed by atoms with Crippen molar-refractivity contribution in [1.29, 1.82) is 0 Å². The van der Waals surface area contributed by atoms with Crippen LogP contribution in [0.2, 0.25) is 0 Å². The normalized spacial score (nSPS) is 11.0. The molecule has 3 N–H and O–H groups in total. The molecule has 0 bridgehead atoms. The predicted molar refractivity (Wildman–Crippen MR) is 129 cm³/mol. The highest BCUT2D eigenvalue weighted by atomic mass is 16.5. The van der Waals surface area contributed by atoms with Crippen LogP contribution in [0.4, 0.5) is 0 Å². The number of ether oxygens (including phenoxy) is 2. The van der Waals surface area contributed by atoms with Gasteiger partial charge in [0.2, 0.25) is 5.75 Å². The summed E-state index contributed by atoms with van der Waals surface area (Å²) in [4.78, 5) is 13.3. The highest BCUT2D eigenvalue weighted by Crippen LogP contribution is 2.46. The van der Waals surface area contributed by atoms with Crippen LogP contribution >= 0.6 is 0 Å². The molecule has 3 aromatic carbocycles. The third-order valence-electron chi connectivity index (χ3n) is 5.57. The van der Waals surface area contributed by atoms with Gasteiger partial charge < -0.3 is 29.2 Å². The fourth-order valence-corrected chi connectivity index (χ4v) is 3.87. The zero-order chi connectivity index (χ0) is 24.1. The largest absolute Gasteiger partial charge is 0.508 e. The molecule has 0 amide bonds. The number of fused-ring (bicyclic) bond motifs is 1. The molecule has 176 valence electrons. The molecule has 0 fully saturated rings. The number of aliphatic hydroxyl groups is 1. The smallest absolute Gasteiger partial charge is 0.204 e. The van der Waals surface area contributed by atoms with Crippen molar-refractivity contribution in [1.82, 2.24) is 0 Å². The predicted octanol–water partition coefficient (Wildman–Crippen LogP) is 4.43. The lowest BCUT2D eigenvalue weighted by Crippen LogP contribution is -2.10. The quantitative estimate of drug-likeness (QED) is 0.316. The third kappa shape index (κ3) is 4.70. The Morgan fingerprint density at radius 1 is 0.941 bits per heavy atom. The van der Waals surface area contributed by atoms with E-state index in [-0.39, 0.29) is 52.6 Å². The first-order valence-electron chi connectivity index (χ1n) is 11.0. The molecule has 1 aromatic heterocycles. The van der Waals surface area contributed by atoms with Gasteiger partial charge in [0, 0.05) is 30.2 Å². The minimum atomic E-state index is -0.359. The number of aryl methyl sites for hydroxylation is 2. The lowest BCUT2D eigenvalue weighted by molar-refractivity contribution is 0.228. The van der Waals surface area contributed by atoms with Crippen LogP contribution in [0.1, 0.15) is 17.5 Å². The van der Waals surface area contributed by atoms with Crippen molar-refractivity contribution in [3.8, 4) is 34.3 Å². The first-order valence-corrected chi connectivity index (χ1v) is 11.0.